The highest BCUT2D eigenvalue weighted by Crippen LogP contribution is 2.24. The molecule has 30 heavy (non-hydrogen) atoms. The Kier molecular flexibility index (Phi) is 5.81. The number of aromatic nitrogens is 2. The maximum Gasteiger partial charge on any atom is 0.308 e. The van der Waals surface area contributed by atoms with Gasteiger partial charge < -0.3 is 4.90 Å². The van der Waals surface area contributed by atoms with Crippen molar-refractivity contribution in [2.45, 2.75) is 30.7 Å². The largest absolute Gasteiger partial charge is 0.343 e. The fourth-order valence-electron chi connectivity index (χ4n) is 3.39. The van der Waals surface area contributed by atoms with Crippen LogP contribution in [-0.4, -0.2) is 41.9 Å². The molecule has 4 rings (SSSR count). The molecule has 8 nitrogen and oxygen atoms in total. The average molecular weight is 467 g/mol. The summed E-state index contributed by atoms with van der Waals surface area (Å²) in [5.74, 6) is 0.184. The standard InChI is InChI=1S/C19H19ClN4O4S2/c20-13-3-6-17(21-12-13)22-30(27,28)14-4-5-15-16(11-14)29-19(26)24(15)10-7-18(25)23-8-1-2-9-23/h3-6,11-12H,1-2,7-10H2,(H,21,22). The summed E-state index contributed by atoms with van der Waals surface area (Å²) in [5, 5.41) is 0.397. The lowest BCUT2D eigenvalue weighted by molar-refractivity contribution is -0.130. The number of carbonyl (C=O) groups is 1. The minimum absolute atomic E-state index is 0.0216. The number of pyridine rings is 1. The number of anilines is 1. The number of thiazole rings is 1. The Labute approximate surface area is 182 Å². The van der Waals surface area contributed by atoms with Gasteiger partial charge in [0.2, 0.25) is 5.91 Å². The number of hydrogen-bond donors (Lipinski definition) is 1. The molecular weight excluding hydrogens is 448 g/mol. The predicted octanol–water partition coefficient (Wildman–Crippen LogP) is 2.92. The second-order valence-corrected chi connectivity index (χ2v) is 10.1. The molecule has 1 N–H and O–H groups in total. The summed E-state index contributed by atoms with van der Waals surface area (Å²) >= 11 is 6.73. The summed E-state index contributed by atoms with van der Waals surface area (Å²) in [6.07, 6.45) is 3.63. The zero-order valence-corrected chi connectivity index (χ0v) is 18.3. The number of rotatable bonds is 6. The van der Waals surface area contributed by atoms with Gasteiger partial charge in [0.05, 0.1) is 20.1 Å². The van der Waals surface area contributed by atoms with E-state index in [0.29, 0.717) is 15.2 Å². The van der Waals surface area contributed by atoms with Crippen LogP contribution >= 0.6 is 22.9 Å². The van der Waals surface area contributed by atoms with Crippen LogP contribution in [0.25, 0.3) is 10.2 Å². The molecule has 1 aliphatic rings. The number of carbonyl (C=O) groups excluding carboxylic acids is 1. The number of fused-ring (bicyclic) bond motifs is 1. The first-order valence-corrected chi connectivity index (χ1v) is 12.1. The summed E-state index contributed by atoms with van der Waals surface area (Å²) in [4.78, 5) is 30.3. The second-order valence-electron chi connectivity index (χ2n) is 6.95. The molecule has 1 aromatic carbocycles. The van der Waals surface area contributed by atoms with Crippen molar-refractivity contribution in [2.75, 3.05) is 17.8 Å². The molecule has 0 atom stereocenters. The van der Waals surface area contributed by atoms with E-state index in [1.165, 1.54) is 35.0 Å². The third-order valence-electron chi connectivity index (χ3n) is 4.92. The molecule has 2 aromatic heterocycles. The van der Waals surface area contributed by atoms with Crippen LogP contribution in [0, 0.1) is 0 Å². The number of benzene rings is 1. The summed E-state index contributed by atoms with van der Waals surface area (Å²) in [6.45, 7) is 1.82. The van der Waals surface area contributed by atoms with Gasteiger partial charge >= 0.3 is 4.87 Å². The Hall–Kier alpha value is -2.43. The van der Waals surface area contributed by atoms with E-state index in [1.54, 1.807) is 6.07 Å². The van der Waals surface area contributed by atoms with E-state index in [0.717, 1.165) is 37.3 Å². The number of sulfonamides is 1. The fourth-order valence-corrected chi connectivity index (χ4v) is 5.57. The molecule has 0 spiro atoms. The monoisotopic (exact) mass is 466 g/mol. The molecule has 0 aliphatic carbocycles. The van der Waals surface area contributed by atoms with Crippen LogP contribution in [0.4, 0.5) is 5.82 Å². The zero-order chi connectivity index (χ0) is 21.3. The number of halogens is 1. The van der Waals surface area contributed by atoms with Gasteiger partial charge in [0.25, 0.3) is 10.0 Å². The Bertz CT molecular complexity index is 1250. The maximum atomic E-state index is 12.7. The molecule has 11 heteroatoms. The van der Waals surface area contributed by atoms with Crippen molar-refractivity contribution >= 4 is 54.9 Å². The minimum Gasteiger partial charge on any atom is -0.343 e. The molecule has 1 fully saturated rings. The molecule has 158 valence electrons. The first-order valence-electron chi connectivity index (χ1n) is 9.39. The van der Waals surface area contributed by atoms with Crippen molar-refractivity contribution in [3.63, 3.8) is 0 Å². The summed E-state index contributed by atoms with van der Waals surface area (Å²) in [7, 11) is -3.88. The Balaban J connectivity index is 1.55. The molecular formula is C19H19ClN4O4S2. The maximum absolute atomic E-state index is 12.7. The highest BCUT2D eigenvalue weighted by Gasteiger charge is 2.20. The van der Waals surface area contributed by atoms with Gasteiger partial charge in [-0.15, -0.1) is 0 Å². The van der Waals surface area contributed by atoms with Gasteiger partial charge in [-0.05, 0) is 43.2 Å². The van der Waals surface area contributed by atoms with Crippen LogP contribution in [0.2, 0.25) is 5.02 Å². The SMILES string of the molecule is O=C(CCn1c(=O)sc2cc(S(=O)(=O)Nc3ccc(Cl)cn3)ccc21)N1CCCC1. The lowest BCUT2D eigenvalue weighted by Gasteiger charge is -2.15. The van der Waals surface area contributed by atoms with E-state index in [2.05, 4.69) is 9.71 Å². The average Bonchev–Trinajstić information content (AvgIpc) is 3.35. The van der Waals surface area contributed by atoms with Crippen molar-refractivity contribution in [2.24, 2.45) is 0 Å². The van der Waals surface area contributed by atoms with E-state index < -0.39 is 10.0 Å². The first-order chi connectivity index (χ1) is 14.3. The number of hydrogen-bond acceptors (Lipinski definition) is 6. The number of nitrogens with one attached hydrogen (secondary N) is 1. The predicted molar refractivity (Wildman–Crippen MR) is 117 cm³/mol. The van der Waals surface area contributed by atoms with Gasteiger partial charge in [0.15, 0.2) is 0 Å². The van der Waals surface area contributed by atoms with E-state index in [4.69, 9.17) is 11.6 Å². The number of amides is 1. The van der Waals surface area contributed by atoms with E-state index in [9.17, 15) is 18.0 Å². The van der Waals surface area contributed by atoms with Crippen LogP contribution in [0.1, 0.15) is 19.3 Å². The van der Waals surface area contributed by atoms with Gasteiger partial charge in [0.1, 0.15) is 5.82 Å². The highest BCUT2D eigenvalue weighted by molar-refractivity contribution is 7.92. The molecule has 0 bridgehead atoms. The molecule has 0 unspecified atom stereocenters. The van der Waals surface area contributed by atoms with Gasteiger partial charge in [-0.3, -0.25) is 18.9 Å². The Morgan fingerprint density at radius 1 is 1.20 bits per heavy atom. The Morgan fingerprint density at radius 3 is 2.67 bits per heavy atom. The summed E-state index contributed by atoms with van der Waals surface area (Å²) in [5.41, 5.74) is 0.614. The lowest BCUT2D eigenvalue weighted by Crippen LogP contribution is -2.29. The second kappa shape index (κ2) is 8.37. The third kappa shape index (κ3) is 4.35. The van der Waals surface area contributed by atoms with Gasteiger partial charge in [-0.25, -0.2) is 13.4 Å². The van der Waals surface area contributed by atoms with Crippen molar-refractivity contribution < 1.29 is 13.2 Å². The highest BCUT2D eigenvalue weighted by atomic mass is 35.5. The van der Waals surface area contributed by atoms with Crippen LogP contribution in [-0.2, 0) is 21.4 Å². The Morgan fingerprint density at radius 2 is 1.97 bits per heavy atom. The number of likely N-dealkylation sites (tertiary alicyclic amines) is 1. The van der Waals surface area contributed by atoms with Crippen molar-refractivity contribution in [1.29, 1.82) is 0 Å². The topological polar surface area (TPSA) is 101 Å². The lowest BCUT2D eigenvalue weighted by atomic mass is 10.3. The molecule has 1 amide bonds. The van der Waals surface area contributed by atoms with Crippen molar-refractivity contribution in [3.8, 4) is 0 Å². The quantitative estimate of drug-likeness (QED) is 0.601. The van der Waals surface area contributed by atoms with Gasteiger partial charge in [-0.1, -0.05) is 22.9 Å². The van der Waals surface area contributed by atoms with E-state index in [-0.39, 0.29) is 34.5 Å². The normalized spacial score (nSPS) is 14.4. The van der Waals surface area contributed by atoms with Gasteiger partial charge in [0, 0.05) is 32.3 Å². The number of nitrogens with zero attached hydrogens (tertiary/aromatic N) is 3. The van der Waals surface area contributed by atoms with E-state index >= 15 is 0 Å². The molecule has 1 aliphatic heterocycles. The number of aryl methyl sites for hydroxylation is 1. The molecule has 3 heterocycles. The smallest absolute Gasteiger partial charge is 0.308 e. The van der Waals surface area contributed by atoms with Crippen molar-refractivity contribution in [1.82, 2.24) is 14.5 Å². The van der Waals surface area contributed by atoms with Crippen LogP contribution < -0.4 is 9.60 Å². The molecule has 3 aromatic rings. The van der Waals surface area contributed by atoms with Crippen LogP contribution in [0.5, 0.6) is 0 Å². The summed E-state index contributed by atoms with van der Waals surface area (Å²) in [6, 6.07) is 7.48. The first kappa shape index (κ1) is 20.8. The molecule has 0 radical (unpaired) electrons. The van der Waals surface area contributed by atoms with E-state index in [1.807, 2.05) is 4.90 Å². The zero-order valence-electron chi connectivity index (χ0n) is 15.9. The van der Waals surface area contributed by atoms with Crippen LogP contribution in [0.15, 0.2) is 46.2 Å². The fraction of sp³-hybridized carbons (Fsp3) is 0.316. The van der Waals surface area contributed by atoms with Crippen molar-refractivity contribution in [3.05, 3.63) is 51.2 Å². The minimum atomic E-state index is -3.88. The summed E-state index contributed by atoms with van der Waals surface area (Å²) < 4.78 is 29.8. The molecule has 0 saturated carbocycles. The third-order valence-corrected chi connectivity index (χ3v) is 7.44. The van der Waals surface area contributed by atoms with Crippen LogP contribution in [0.3, 0.4) is 0 Å². The molecule has 1 saturated heterocycles. The van der Waals surface area contributed by atoms with Gasteiger partial charge in [-0.2, -0.15) is 0 Å².